The van der Waals surface area contributed by atoms with E-state index in [1.165, 1.54) is 5.56 Å². The number of nitrogens with zero attached hydrogens (tertiary/aromatic N) is 3. The largest absolute Gasteiger partial charge is 0.410 e. The molecule has 0 unspecified atom stereocenters. The van der Waals surface area contributed by atoms with E-state index in [2.05, 4.69) is 22.4 Å². The molecular weight excluding hydrogens is 214 g/mol. The Kier molecular flexibility index (Phi) is 2.26. The molecule has 4 heteroatoms. The Morgan fingerprint density at radius 3 is 2.65 bits per heavy atom. The lowest BCUT2D eigenvalue weighted by atomic mass is 10.0. The van der Waals surface area contributed by atoms with Crippen molar-refractivity contribution in [2.45, 2.75) is 6.42 Å². The molecule has 0 spiro atoms. The molecular formula is C13H11N3O. The molecule has 3 rings (SSSR count). The molecule has 1 aromatic heterocycles. The summed E-state index contributed by atoms with van der Waals surface area (Å²) < 4.78 is 0. The fraction of sp³-hybridized carbons (Fsp3) is 0.0769. The highest BCUT2D eigenvalue weighted by Crippen LogP contribution is 2.15. The van der Waals surface area contributed by atoms with Crippen molar-refractivity contribution in [2.75, 3.05) is 0 Å². The molecule has 0 saturated carbocycles. The van der Waals surface area contributed by atoms with Crippen molar-refractivity contribution in [3.05, 3.63) is 59.7 Å². The third-order valence-corrected chi connectivity index (χ3v) is 2.74. The minimum atomic E-state index is 0.637. The van der Waals surface area contributed by atoms with Crippen LogP contribution < -0.4 is 0 Å². The Hall–Kier alpha value is -2.36. The van der Waals surface area contributed by atoms with Crippen LogP contribution in [0, 0.1) is 0 Å². The van der Waals surface area contributed by atoms with E-state index < -0.39 is 0 Å². The number of fused-ring (bicyclic) bond motifs is 1. The highest BCUT2D eigenvalue weighted by atomic mass is 16.5. The van der Waals surface area contributed by atoms with Gasteiger partial charge in [0, 0.05) is 0 Å². The van der Waals surface area contributed by atoms with Crippen LogP contribution in [0.3, 0.4) is 0 Å². The van der Waals surface area contributed by atoms with E-state index in [1.54, 1.807) is 0 Å². The molecule has 0 atom stereocenters. The standard InChI is InChI=1S/C13H11N3O/c17-16-13-9-11(6-7-12(13)14-15-16)8-10-4-2-1-3-5-10/h1-7,9,17H,8H2. The summed E-state index contributed by atoms with van der Waals surface area (Å²) in [7, 11) is 0. The molecule has 2 aromatic carbocycles. The van der Waals surface area contributed by atoms with E-state index in [1.807, 2.05) is 36.4 Å². The van der Waals surface area contributed by atoms with Gasteiger partial charge in [0.05, 0.1) is 0 Å². The molecule has 0 saturated heterocycles. The SMILES string of the molecule is On1nnc2ccc(Cc3ccccc3)cc21. The molecule has 1 heterocycles. The van der Waals surface area contributed by atoms with Crippen LogP contribution in [0.2, 0.25) is 0 Å². The van der Waals surface area contributed by atoms with Gasteiger partial charge in [-0.25, -0.2) is 0 Å². The van der Waals surface area contributed by atoms with Gasteiger partial charge in [0.25, 0.3) is 0 Å². The van der Waals surface area contributed by atoms with Gasteiger partial charge in [0.1, 0.15) is 11.0 Å². The topological polar surface area (TPSA) is 50.9 Å². The second-order valence-corrected chi connectivity index (χ2v) is 3.96. The third-order valence-electron chi connectivity index (χ3n) is 2.74. The predicted molar refractivity (Wildman–Crippen MR) is 64.0 cm³/mol. The first kappa shape index (κ1) is 9.84. The molecule has 0 fully saturated rings. The molecule has 0 aliphatic heterocycles. The lowest BCUT2D eigenvalue weighted by Gasteiger charge is -2.01. The van der Waals surface area contributed by atoms with Crippen molar-refractivity contribution < 1.29 is 5.21 Å². The summed E-state index contributed by atoms with van der Waals surface area (Å²) in [5.74, 6) is 0. The Labute approximate surface area is 98.1 Å². The van der Waals surface area contributed by atoms with Crippen LogP contribution in [0.1, 0.15) is 11.1 Å². The van der Waals surface area contributed by atoms with Gasteiger partial charge in [0.15, 0.2) is 0 Å². The lowest BCUT2D eigenvalue weighted by Crippen LogP contribution is -1.93. The summed E-state index contributed by atoms with van der Waals surface area (Å²) >= 11 is 0. The molecule has 0 amide bonds. The van der Waals surface area contributed by atoms with Crippen molar-refractivity contribution in [3.63, 3.8) is 0 Å². The Balaban J connectivity index is 1.98. The zero-order valence-electron chi connectivity index (χ0n) is 9.11. The maximum absolute atomic E-state index is 9.44. The van der Waals surface area contributed by atoms with Crippen LogP contribution in [-0.4, -0.2) is 20.4 Å². The van der Waals surface area contributed by atoms with Gasteiger partial charge >= 0.3 is 0 Å². The fourth-order valence-electron chi connectivity index (χ4n) is 1.89. The van der Waals surface area contributed by atoms with Gasteiger partial charge in [-0.05, 0) is 34.9 Å². The first-order valence-corrected chi connectivity index (χ1v) is 5.40. The zero-order chi connectivity index (χ0) is 11.7. The second kappa shape index (κ2) is 3.90. The summed E-state index contributed by atoms with van der Waals surface area (Å²) in [5, 5.41) is 16.8. The minimum Gasteiger partial charge on any atom is -0.410 e. The summed E-state index contributed by atoms with van der Waals surface area (Å²) in [4.78, 5) is 0.809. The average molecular weight is 225 g/mol. The molecule has 0 bridgehead atoms. The van der Waals surface area contributed by atoms with Crippen molar-refractivity contribution >= 4 is 11.0 Å². The Morgan fingerprint density at radius 2 is 1.82 bits per heavy atom. The maximum Gasteiger partial charge on any atom is 0.130 e. The molecule has 17 heavy (non-hydrogen) atoms. The second-order valence-electron chi connectivity index (χ2n) is 3.96. The number of hydrogen-bond donors (Lipinski definition) is 1. The number of benzene rings is 2. The summed E-state index contributed by atoms with van der Waals surface area (Å²) in [6.07, 6.45) is 0.835. The van der Waals surface area contributed by atoms with E-state index in [9.17, 15) is 5.21 Å². The van der Waals surface area contributed by atoms with Crippen LogP contribution in [0.4, 0.5) is 0 Å². The van der Waals surface area contributed by atoms with Crippen molar-refractivity contribution in [1.82, 2.24) is 15.2 Å². The monoisotopic (exact) mass is 225 g/mol. The summed E-state index contributed by atoms with van der Waals surface area (Å²) in [5.41, 5.74) is 3.70. The number of hydrogen-bond acceptors (Lipinski definition) is 3. The van der Waals surface area contributed by atoms with Gasteiger partial charge in [-0.1, -0.05) is 41.2 Å². The predicted octanol–water partition coefficient (Wildman–Crippen LogP) is 2.26. The number of rotatable bonds is 2. The third kappa shape index (κ3) is 1.85. The van der Waals surface area contributed by atoms with E-state index in [0.29, 0.717) is 11.0 Å². The highest BCUT2D eigenvalue weighted by Gasteiger charge is 2.04. The summed E-state index contributed by atoms with van der Waals surface area (Å²) in [6.45, 7) is 0. The minimum absolute atomic E-state index is 0.637. The van der Waals surface area contributed by atoms with Crippen LogP contribution in [-0.2, 0) is 6.42 Å². The molecule has 0 radical (unpaired) electrons. The molecule has 0 aliphatic carbocycles. The van der Waals surface area contributed by atoms with Crippen LogP contribution in [0.25, 0.3) is 11.0 Å². The van der Waals surface area contributed by atoms with Crippen molar-refractivity contribution in [2.24, 2.45) is 0 Å². The lowest BCUT2D eigenvalue weighted by molar-refractivity contribution is 0.154. The quantitative estimate of drug-likeness (QED) is 0.680. The fourth-order valence-corrected chi connectivity index (χ4v) is 1.89. The smallest absolute Gasteiger partial charge is 0.130 e. The Bertz CT molecular complexity index is 646. The average Bonchev–Trinajstić information content (AvgIpc) is 2.73. The molecule has 4 nitrogen and oxygen atoms in total. The van der Waals surface area contributed by atoms with Crippen molar-refractivity contribution in [3.8, 4) is 0 Å². The van der Waals surface area contributed by atoms with Gasteiger partial charge < -0.3 is 5.21 Å². The van der Waals surface area contributed by atoms with Gasteiger partial charge in [0.2, 0.25) is 0 Å². The molecule has 84 valence electrons. The van der Waals surface area contributed by atoms with Gasteiger partial charge in [-0.2, -0.15) is 0 Å². The van der Waals surface area contributed by atoms with E-state index in [0.717, 1.165) is 16.8 Å². The molecule has 0 aliphatic rings. The van der Waals surface area contributed by atoms with E-state index >= 15 is 0 Å². The van der Waals surface area contributed by atoms with Crippen LogP contribution in [0.15, 0.2) is 48.5 Å². The van der Waals surface area contributed by atoms with E-state index in [-0.39, 0.29) is 0 Å². The molecule has 3 aromatic rings. The zero-order valence-corrected chi connectivity index (χ0v) is 9.11. The molecule has 1 N–H and O–H groups in total. The highest BCUT2D eigenvalue weighted by molar-refractivity contribution is 5.74. The van der Waals surface area contributed by atoms with Gasteiger partial charge in [-0.15, -0.1) is 5.10 Å². The first-order valence-electron chi connectivity index (χ1n) is 5.40. The first-order chi connectivity index (χ1) is 8.33. The maximum atomic E-state index is 9.44. The van der Waals surface area contributed by atoms with Crippen LogP contribution in [0.5, 0.6) is 0 Å². The van der Waals surface area contributed by atoms with Gasteiger partial charge in [-0.3, -0.25) is 0 Å². The van der Waals surface area contributed by atoms with Crippen LogP contribution >= 0.6 is 0 Å². The summed E-state index contributed by atoms with van der Waals surface area (Å²) in [6, 6.07) is 16.0. The van der Waals surface area contributed by atoms with E-state index in [4.69, 9.17) is 0 Å². The normalized spacial score (nSPS) is 10.8. The van der Waals surface area contributed by atoms with Crippen molar-refractivity contribution in [1.29, 1.82) is 0 Å². The number of aromatic nitrogens is 3. The Morgan fingerprint density at radius 1 is 1.00 bits per heavy atom.